The Morgan fingerprint density at radius 1 is 0.732 bits per heavy atom. The summed E-state index contributed by atoms with van der Waals surface area (Å²) in [6.07, 6.45) is 0. The molecule has 6 nitrogen and oxygen atoms in total. The number of aryl methyl sites for hydroxylation is 3. The molecule has 2 N–H and O–H groups in total. The van der Waals surface area contributed by atoms with Crippen LogP contribution in [0.2, 0.25) is 0 Å². The van der Waals surface area contributed by atoms with Crippen LogP contribution >= 0.6 is 0 Å². The Kier molecular flexibility index (Phi) is 6.69. The van der Waals surface area contributed by atoms with E-state index in [0.29, 0.717) is 22.4 Å². The van der Waals surface area contributed by atoms with Crippen LogP contribution in [0, 0.1) is 20.8 Å². The van der Waals surface area contributed by atoms with Crippen LogP contribution in [0.15, 0.2) is 117 Å². The summed E-state index contributed by atoms with van der Waals surface area (Å²) in [5.74, 6) is 0.678. The lowest BCUT2D eigenvalue weighted by atomic mass is 9.91. The van der Waals surface area contributed by atoms with E-state index >= 15 is 0 Å². The molecule has 204 valence electrons. The topological polar surface area (TPSA) is 91.9 Å². The van der Waals surface area contributed by atoms with Crippen LogP contribution < -0.4 is 10.7 Å². The molecule has 1 aliphatic carbocycles. The van der Waals surface area contributed by atoms with Crippen molar-refractivity contribution in [2.45, 2.75) is 25.7 Å². The minimum atomic E-state index is -4.29. The van der Waals surface area contributed by atoms with E-state index in [1.165, 1.54) is 12.1 Å². The number of para-hydroxylation sites is 1. The molecule has 4 aromatic rings. The molecule has 2 aliphatic rings. The summed E-state index contributed by atoms with van der Waals surface area (Å²) < 4.78 is 39.0. The summed E-state index contributed by atoms with van der Waals surface area (Å²) in [5, 5.41) is 5.17. The highest BCUT2D eigenvalue weighted by atomic mass is 32.2. The van der Waals surface area contributed by atoms with Crippen molar-refractivity contribution in [3.05, 3.63) is 125 Å². The van der Waals surface area contributed by atoms with Crippen molar-refractivity contribution in [1.82, 2.24) is 0 Å². The van der Waals surface area contributed by atoms with Gasteiger partial charge >= 0.3 is 0 Å². The molecule has 1 aliphatic heterocycles. The summed E-state index contributed by atoms with van der Waals surface area (Å²) in [7, 11) is -4.29. The van der Waals surface area contributed by atoms with Gasteiger partial charge in [0.05, 0.1) is 15.9 Å². The van der Waals surface area contributed by atoms with E-state index in [1.807, 2.05) is 54.6 Å². The number of benzene rings is 5. The van der Waals surface area contributed by atoms with Gasteiger partial charge < -0.3 is 9.73 Å². The molecule has 0 amide bonds. The van der Waals surface area contributed by atoms with Crippen molar-refractivity contribution in [1.29, 1.82) is 0 Å². The lowest BCUT2D eigenvalue weighted by Crippen LogP contribution is -2.03. The fourth-order valence-corrected chi connectivity index (χ4v) is 5.66. The number of nitrogens with one attached hydrogen (secondary N) is 1. The maximum atomic E-state index is 11.5. The Labute approximate surface area is 238 Å². The lowest BCUT2D eigenvalue weighted by molar-refractivity contribution is 0.483. The zero-order valence-electron chi connectivity index (χ0n) is 22.8. The highest BCUT2D eigenvalue weighted by Gasteiger charge is 2.19. The first-order chi connectivity index (χ1) is 19.7. The highest BCUT2D eigenvalue weighted by Crippen LogP contribution is 2.42. The summed E-state index contributed by atoms with van der Waals surface area (Å²) in [4.78, 5) is 4.59. The van der Waals surface area contributed by atoms with Crippen LogP contribution in [-0.4, -0.2) is 13.0 Å². The van der Waals surface area contributed by atoms with Crippen molar-refractivity contribution in [2.24, 2.45) is 4.99 Å². The summed E-state index contributed by atoms with van der Waals surface area (Å²) in [5.41, 5.74) is 9.39. The van der Waals surface area contributed by atoms with Gasteiger partial charge in [0.2, 0.25) is 0 Å². The van der Waals surface area contributed by atoms with Gasteiger partial charge in [-0.3, -0.25) is 4.55 Å². The van der Waals surface area contributed by atoms with Crippen LogP contribution in [0.5, 0.6) is 0 Å². The van der Waals surface area contributed by atoms with Gasteiger partial charge in [-0.25, -0.2) is 4.99 Å². The Hall–Kier alpha value is -4.72. The van der Waals surface area contributed by atoms with Crippen molar-refractivity contribution >= 4 is 38.1 Å². The van der Waals surface area contributed by atoms with Crippen LogP contribution in [0.4, 0.5) is 17.1 Å². The molecule has 0 spiro atoms. The number of rotatable bonds is 5. The minimum absolute atomic E-state index is 0.160. The fraction of sp³-hybridized carbons (Fsp3) is 0.0882. The molecule has 0 aromatic heterocycles. The molecule has 0 atom stereocenters. The molecular formula is C34H28N2O4S. The first-order valence-corrected chi connectivity index (χ1v) is 14.6. The average Bonchev–Trinajstić information content (AvgIpc) is 2.94. The zero-order chi connectivity index (χ0) is 28.7. The Morgan fingerprint density at radius 2 is 1.49 bits per heavy atom. The highest BCUT2D eigenvalue weighted by molar-refractivity contribution is 7.85. The van der Waals surface area contributed by atoms with Crippen LogP contribution in [-0.2, 0) is 10.1 Å². The third kappa shape index (κ3) is 5.25. The second-order valence-corrected chi connectivity index (χ2v) is 11.6. The Balaban J connectivity index is 1.55. The van der Waals surface area contributed by atoms with E-state index in [0.717, 1.165) is 50.2 Å². The molecule has 0 radical (unpaired) electrons. The van der Waals surface area contributed by atoms with Crippen molar-refractivity contribution in [3.8, 4) is 22.5 Å². The number of hydrogen-bond acceptors (Lipinski definition) is 5. The maximum Gasteiger partial charge on any atom is 0.294 e. The molecule has 0 saturated heterocycles. The third-order valence-corrected chi connectivity index (χ3v) is 8.11. The van der Waals surface area contributed by atoms with E-state index in [9.17, 15) is 13.0 Å². The van der Waals surface area contributed by atoms with E-state index < -0.39 is 10.1 Å². The smallest absolute Gasteiger partial charge is 0.294 e. The van der Waals surface area contributed by atoms with Crippen molar-refractivity contribution in [2.75, 3.05) is 5.32 Å². The molecule has 1 heterocycles. The molecule has 0 fully saturated rings. The van der Waals surface area contributed by atoms with Gasteiger partial charge in [-0.15, -0.1) is 0 Å². The molecule has 6 rings (SSSR count). The van der Waals surface area contributed by atoms with E-state index in [4.69, 9.17) is 9.41 Å². The number of nitrogens with zero attached hydrogens (tertiary/aromatic N) is 1. The van der Waals surface area contributed by atoms with E-state index in [2.05, 4.69) is 49.5 Å². The monoisotopic (exact) mass is 560 g/mol. The van der Waals surface area contributed by atoms with Gasteiger partial charge in [-0.2, -0.15) is 8.42 Å². The molecule has 0 bridgehead atoms. The van der Waals surface area contributed by atoms with Crippen LogP contribution in [0.25, 0.3) is 33.4 Å². The predicted molar refractivity (Wildman–Crippen MR) is 164 cm³/mol. The van der Waals surface area contributed by atoms with Crippen molar-refractivity contribution < 1.29 is 17.4 Å². The summed E-state index contributed by atoms with van der Waals surface area (Å²) in [6.45, 7) is 5.93. The summed E-state index contributed by atoms with van der Waals surface area (Å²) >= 11 is 0. The zero-order valence-corrected chi connectivity index (χ0v) is 23.7. The first kappa shape index (κ1) is 26.5. The quantitative estimate of drug-likeness (QED) is 0.163. The normalized spacial score (nSPS) is 12.2. The second kappa shape index (κ2) is 10.4. The number of fused-ring (bicyclic) bond motifs is 2. The molecule has 7 heteroatoms. The number of hydrogen-bond donors (Lipinski definition) is 2. The first-order valence-electron chi connectivity index (χ1n) is 13.2. The third-order valence-electron chi connectivity index (χ3n) is 7.26. The van der Waals surface area contributed by atoms with E-state index in [1.54, 1.807) is 13.0 Å². The van der Waals surface area contributed by atoms with Gasteiger partial charge in [-0.1, -0.05) is 42.5 Å². The van der Waals surface area contributed by atoms with Gasteiger partial charge in [0.15, 0.2) is 0 Å². The molecule has 41 heavy (non-hydrogen) atoms. The lowest BCUT2D eigenvalue weighted by Gasteiger charge is -2.18. The van der Waals surface area contributed by atoms with E-state index in [-0.39, 0.29) is 4.90 Å². The molecule has 4 aromatic carbocycles. The van der Waals surface area contributed by atoms with Crippen molar-refractivity contribution in [3.63, 3.8) is 0 Å². The molecule has 0 saturated carbocycles. The van der Waals surface area contributed by atoms with Crippen LogP contribution in [0.1, 0.15) is 16.7 Å². The second-order valence-electron chi connectivity index (χ2n) is 10.2. The standard InChI is InChI=1S/C34H28N2O4S/c1-21-8-4-6-10-27(21)34-28-15-12-24(35-30-11-7-5-9-22(30)2)19-32(28)40-33-20-25(13-16-29(33)34)36-31-17-14-26(18-23(31)3)41(37,38)39/h4-20,35H,1-3H3,(H,37,38,39). The maximum absolute atomic E-state index is 11.5. The predicted octanol–water partition coefficient (Wildman–Crippen LogP) is 8.35. The SMILES string of the molecule is Cc1cc(S(=O)(=O)O)ccc1N=c1ccc2c(-c3ccccc3C)c3ccc(Nc4ccccc4C)cc3oc-2c1. The fourth-order valence-electron chi connectivity index (χ4n) is 5.09. The van der Waals surface area contributed by atoms with Gasteiger partial charge in [0.25, 0.3) is 10.1 Å². The molecule has 0 unspecified atom stereocenters. The number of anilines is 2. The van der Waals surface area contributed by atoms with Gasteiger partial charge in [0, 0.05) is 40.0 Å². The largest absolute Gasteiger partial charge is 0.456 e. The van der Waals surface area contributed by atoms with Gasteiger partial charge in [-0.05, 0) is 91.6 Å². The minimum Gasteiger partial charge on any atom is -0.456 e. The summed E-state index contributed by atoms with van der Waals surface area (Å²) in [6, 6.07) is 32.8. The Morgan fingerprint density at radius 3 is 2.22 bits per heavy atom. The van der Waals surface area contributed by atoms with Crippen LogP contribution in [0.3, 0.4) is 0 Å². The van der Waals surface area contributed by atoms with Gasteiger partial charge in [0.1, 0.15) is 11.3 Å². The Bertz CT molecular complexity index is 2100. The average molecular weight is 561 g/mol. The molecular weight excluding hydrogens is 532 g/mol.